The molecule has 4 atom stereocenters. The van der Waals surface area contributed by atoms with Crippen LogP contribution in [0.15, 0.2) is 60.9 Å². The van der Waals surface area contributed by atoms with Crippen molar-refractivity contribution in [2.24, 2.45) is 11.8 Å². The van der Waals surface area contributed by atoms with Gasteiger partial charge in [0.25, 0.3) is 0 Å². The van der Waals surface area contributed by atoms with E-state index in [9.17, 15) is 24.3 Å². The van der Waals surface area contributed by atoms with Crippen molar-refractivity contribution in [3.8, 4) is 34.4 Å². The van der Waals surface area contributed by atoms with E-state index >= 15 is 0 Å². The van der Waals surface area contributed by atoms with Crippen molar-refractivity contribution in [1.29, 1.82) is 0 Å². The minimum absolute atomic E-state index is 0.109. The molecule has 2 aromatic carbocycles. The molecule has 4 amide bonds. The van der Waals surface area contributed by atoms with Crippen LogP contribution in [0.4, 0.5) is 9.59 Å². The summed E-state index contributed by atoms with van der Waals surface area (Å²) < 4.78 is 4.74. The number of carboxylic acid groups (broad SMARTS) is 1. The average Bonchev–Trinajstić information content (AvgIpc) is 4.01. The van der Waals surface area contributed by atoms with Crippen LogP contribution >= 0.6 is 0 Å². The van der Waals surface area contributed by atoms with Gasteiger partial charge in [0.15, 0.2) is 0 Å². The number of aromatic amines is 2. The van der Waals surface area contributed by atoms with E-state index in [1.54, 1.807) is 22.2 Å². The van der Waals surface area contributed by atoms with E-state index in [-0.39, 0.29) is 35.7 Å². The van der Waals surface area contributed by atoms with Gasteiger partial charge >= 0.3 is 12.2 Å². The van der Waals surface area contributed by atoms with Gasteiger partial charge in [-0.2, -0.15) is 0 Å². The Hall–Kier alpha value is -6.10. The Kier molecular flexibility index (Phi) is 11.9. The molecule has 2 aliphatic rings. The summed E-state index contributed by atoms with van der Waals surface area (Å²) in [5.41, 5.74) is 5.22. The summed E-state index contributed by atoms with van der Waals surface area (Å²) in [7, 11) is 1.28. The maximum absolute atomic E-state index is 13.5. The summed E-state index contributed by atoms with van der Waals surface area (Å²) in [4.78, 5) is 69.6. The number of likely N-dealkylation sites (tertiary alicyclic amines) is 2. The number of H-pyrrole nitrogens is 2. The summed E-state index contributed by atoms with van der Waals surface area (Å²) in [6, 6.07) is 13.8. The number of carbonyl (C=O) groups excluding carboxylic acids is 3. The van der Waals surface area contributed by atoms with Crippen LogP contribution in [0, 0.1) is 23.7 Å². The van der Waals surface area contributed by atoms with Crippen molar-refractivity contribution in [3.05, 3.63) is 83.7 Å². The Bertz CT molecular complexity index is 2060. The van der Waals surface area contributed by atoms with Crippen molar-refractivity contribution >= 4 is 24.0 Å². The van der Waals surface area contributed by atoms with Gasteiger partial charge in [0, 0.05) is 24.2 Å². The monoisotopic (exact) mass is 748 g/mol. The zero-order valence-electron chi connectivity index (χ0n) is 31.8. The number of aromatic nitrogens is 4. The topological polar surface area (TPSA) is 186 Å². The predicted octanol–water partition coefficient (Wildman–Crippen LogP) is 5.87. The third-order valence-electron chi connectivity index (χ3n) is 10.2. The lowest BCUT2D eigenvalue weighted by molar-refractivity contribution is -0.136. The second-order valence-corrected chi connectivity index (χ2v) is 14.7. The molecule has 2 aliphatic heterocycles. The number of amides is 4. The van der Waals surface area contributed by atoms with Crippen LogP contribution in [0.3, 0.4) is 0 Å². The number of hydrogen-bond acceptors (Lipinski definition) is 7. The molecular weight excluding hydrogens is 701 g/mol. The summed E-state index contributed by atoms with van der Waals surface area (Å²) in [5.74, 6) is 7.17. The van der Waals surface area contributed by atoms with Crippen molar-refractivity contribution in [1.82, 2.24) is 40.4 Å². The summed E-state index contributed by atoms with van der Waals surface area (Å²) in [5, 5.41) is 14.3. The maximum atomic E-state index is 13.5. The molecule has 4 unspecified atom stereocenters. The highest BCUT2D eigenvalue weighted by Crippen LogP contribution is 2.34. The fourth-order valence-electron chi connectivity index (χ4n) is 7.25. The highest BCUT2D eigenvalue weighted by molar-refractivity contribution is 5.87. The maximum Gasteiger partial charge on any atom is 0.407 e. The lowest BCUT2D eigenvalue weighted by Gasteiger charge is -2.30. The molecule has 14 heteroatoms. The molecule has 2 fully saturated rings. The van der Waals surface area contributed by atoms with Crippen molar-refractivity contribution in [3.63, 3.8) is 0 Å². The lowest BCUT2D eigenvalue weighted by atomic mass is 10.0. The highest BCUT2D eigenvalue weighted by Gasteiger charge is 2.38. The number of benzene rings is 2. The zero-order valence-corrected chi connectivity index (χ0v) is 31.8. The third-order valence-corrected chi connectivity index (χ3v) is 10.2. The minimum Gasteiger partial charge on any atom is -0.465 e. The van der Waals surface area contributed by atoms with Crippen molar-refractivity contribution < 1.29 is 29.0 Å². The Labute approximate surface area is 320 Å². The van der Waals surface area contributed by atoms with Gasteiger partial charge in [0.1, 0.15) is 23.7 Å². The van der Waals surface area contributed by atoms with Crippen LogP contribution in [0.2, 0.25) is 0 Å². The zero-order chi connectivity index (χ0) is 39.2. The Morgan fingerprint density at radius 3 is 1.53 bits per heavy atom. The second-order valence-electron chi connectivity index (χ2n) is 14.7. The lowest BCUT2D eigenvalue weighted by Crippen LogP contribution is -2.51. The molecule has 4 heterocycles. The first kappa shape index (κ1) is 38.6. The molecular formula is C41H48N8O6. The van der Waals surface area contributed by atoms with Crippen molar-refractivity contribution in [2.75, 3.05) is 20.2 Å². The number of rotatable bonds is 10. The van der Waals surface area contributed by atoms with Gasteiger partial charge in [-0.1, -0.05) is 63.8 Å². The number of imidazole rings is 2. The minimum atomic E-state index is -1.22. The fraction of sp³-hybridized carbons (Fsp3) is 0.415. The molecule has 2 saturated heterocycles. The van der Waals surface area contributed by atoms with E-state index in [1.165, 1.54) is 7.11 Å². The standard InChI is InChI=1S/C41H48N8O6/c1-24(2)34(46-40(52)53)38(50)48-20-6-8-32(48)36-42-22-30(44-36)28-16-12-26(13-17-28)10-11-27-14-18-29(19-15-27)31-23-43-37(45-31)33-9-7-21-49(33)39(51)35(25(3)4)47-41(54)55-5/h12-19,22-25,32-35,46H,6-9,20-21H2,1-5H3,(H,42,44)(H,43,45)(H,47,54)(H,52,53). The van der Waals surface area contributed by atoms with E-state index in [2.05, 4.69) is 42.4 Å². The third kappa shape index (κ3) is 8.83. The largest absolute Gasteiger partial charge is 0.465 e. The SMILES string of the molecule is COC(=O)NC(C(=O)N1CCCC1c1ncc(-c2ccc(C#Cc3ccc(-c4cnc(C5CCCN5C(=O)C(NC(=O)O)C(C)C)[nH]4)cc3)cc2)[nH]1)C(C)C. The van der Waals surface area contributed by atoms with Crippen LogP contribution in [0.5, 0.6) is 0 Å². The van der Waals surface area contributed by atoms with Gasteiger partial charge in [0.2, 0.25) is 11.8 Å². The molecule has 0 aliphatic carbocycles. The van der Waals surface area contributed by atoms with E-state index in [4.69, 9.17) is 4.74 Å². The smallest absolute Gasteiger partial charge is 0.407 e. The number of nitrogens with one attached hydrogen (secondary N) is 4. The molecule has 14 nitrogen and oxygen atoms in total. The molecule has 5 N–H and O–H groups in total. The second kappa shape index (κ2) is 16.9. The van der Waals surface area contributed by atoms with Gasteiger partial charge in [-0.15, -0.1) is 0 Å². The van der Waals surface area contributed by atoms with E-state index in [0.717, 1.165) is 59.3 Å². The van der Waals surface area contributed by atoms with Crippen LogP contribution in [0.25, 0.3) is 22.5 Å². The van der Waals surface area contributed by atoms with Crippen LogP contribution in [-0.2, 0) is 14.3 Å². The number of ether oxygens (including phenoxy) is 1. The molecule has 4 aromatic rings. The van der Waals surface area contributed by atoms with Crippen LogP contribution < -0.4 is 10.6 Å². The van der Waals surface area contributed by atoms with Crippen molar-refractivity contribution in [2.45, 2.75) is 77.5 Å². The summed E-state index contributed by atoms with van der Waals surface area (Å²) in [6.45, 7) is 8.57. The number of carbonyl (C=O) groups is 4. The van der Waals surface area contributed by atoms with E-state index in [0.29, 0.717) is 24.7 Å². The summed E-state index contributed by atoms with van der Waals surface area (Å²) >= 11 is 0. The van der Waals surface area contributed by atoms with Gasteiger partial charge < -0.3 is 40.2 Å². The molecule has 0 spiro atoms. The van der Waals surface area contributed by atoms with Gasteiger partial charge in [0.05, 0.1) is 43.0 Å². The molecule has 6 rings (SSSR count). The van der Waals surface area contributed by atoms with Gasteiger partial charge in [-0.05, 0) is 72.9 Å². The fourth-order valence-corrected chi connectivity index (χ4v) is 7.25. The van der Waals surface area contributed by atoms with Gasteiger partial charge in [-0.25, -0.2) is 19.6 Å². The number of nitrogens with zero attached hydrogens (tertiary/aromatic N) is 4. The van der Waals surface area contributed by atoms with Crippen LogP contribution in [0.1, 0.15) is 88.2 Å². The molecule has 0 bridgehead atoms. The normalized spacial score (nSPS) is 17.8. The molecule has 288 valence electrons. The van der Waals surface area contributed by atoms with Gasteiger partial charge in [-0.3, -0.25) is 9.59 Å². The Morgan fingerprint density at radius 2 is 1.15 bits per heavy atom. The molecule has 2 aromatic heterocycles. The first-order chi connectivity index (χ1) is 26.4. The Balaban J connectivity index is 1.08. The first-order valence-corrected chi connectivity index (χ1v) is 18.7. The van der Waals surface area contributed by atoms with E-state index in [1.807, 2.05) is 76.2 Å². The number of methoxy groups -OCH3 is 1. The summed E-state index contributed by atoms with van der Waals surface area (Å²) in [6.07, 6.45) is 4.86. The number of alkyl carbamates (subject to hydrolysis) is 1. The Morgan fingerprint density at radius 1 is 0.727 bits per heavy atom. The van der Waals surface area contributed by atoms with E-state index < -0.39 is 24.3 Å². The highest BCUT2D eigenvalue weighted by atomic mass is 16.5. The predicted molar refractivity (Wildman–Crippen MR) is 205 cm³/mol. The molecule has 55 heavy (non-hydrogen) atoms. The molecule has 0 radical (unpaired) electrons. The quantitative estimate of drug-likeness (QED) is 0.125. The first-order valence-electron chi connectivity index (χ1n) is 18.7. The average molecular weight is 749 g/mol. The van der Waals surface area contributed by atoms with Crippen LogP contribution in [-0.4, -0.2) is 91.1 Å². The number of hydrogen-bond donors (Lipinski definition) is 5. The molecule has 0 saturated carbocycles.